The van der Waals surface area contributed by atoms with E-state index in [2.05, 4.69) is 24.1 Å². The van der Waals surface area contributed by atoms with Crippen LogP contribution in [0.25, 0.3) is 11.3 Å². The summed E-state index contributed by atoms with van der Waals surface area (Å²) >= 11 is 0. The highest BCUT2D eigenvalue weighted by Gasteiger charge is 2.19. The average Bonchev–Trinajstić information content (AvgIpc) is 3.06. The summed E-state index contributed by atoms with van der Waals surface area (Å²) in [6.45, 7) is 3.59. The zero-order valence-electron chi connectivity index (χ0n) is 14.2. The topological polar surface area (TPSA) is 113 Å². The van der Waals surface area contributed by atoms with Gasteiger partial charge in [0.2, 0.25) is 5.91 Å². The van der Waals surface area contributed by atoms with Gasteiger partial charge < -0.3 is 19.9 Å². The van der Waals surface area contributed by atoms with Crippen LogP contribution in [-0.2, 0) is 16.0 Å². The fourth-order valence-corrected chi connectivity index (χ4v) is 2.26. The molecule has 1 aromatic heterocycles. The van der Waals surface area contributed by atoms with Gasteiger partial charge in [0.15, 0.2) is 11.7 Å². The number of oxazole rings is 1. The molecule has 1 unspecified atom stereocenters. The lowest BCUT2D eigenvalue weighted by molar-refractivity contribution is -0.142. The Morgan fingerprint density at radius 3 is 2.48 bits per heavy atom. The first kappa shape index (κ1) is 18.7. The lowest BCUT2D eigenvalue weighted by atomic mass is 10.0. The number of aliphatic carboxylic acids is 1. The molecule has 3 N–H and O–H groups in total. The third-order valence-electron chi connectivity index (χ3n) is 3.80. The maximum absolute atomic E-state index is 11.7. The van der Waals surface area contributed by atoms with E-state index in [0.29, 0.717) is 17.6 Å². The quantitative estimate of drug-likeness (QED) is 0.673. The van der Waals surface area contributed by atoms with Crippen LogP contribution in [0.15, 0.2) is 34.9 Å². The van der Waals surface area contributed by atoms with Crippen molar-refractivity contribution in [1.82, 2.24) is 10.3 Å². The van der Waals surface area contributed by atoms with Gasteiger partial charge in [0.05, 0.1) is 12.8 Å². The third kappa shape index (κ3) is 5.15. The molecule has 0 bridgehead atoms. The van der Waals surface area contributed by atoms with E-state index in [0.717, 1.165) is 5.56 Å². The van der Waals surface area contributed by atoms with Gasteiger partial charge in [-0.3, -0.25) is 4.79 Å². The fourth-order valence-electron chi connectivity index (χ4n) is 2.26. The molecule has 0 aliphatic rings. The Hall–Kier alpha value is -2.67. The van der Waals surface area contributed by atoms with Crippen LogP contribution in [0, 0.1) is 0 Å². The highest BCUT2D eigenvalue weighted by atomic mass is 16.4. The number of carbonyl (C=O) groups excluding carboxylic acids is 1. The Kier molecular flexibility index (Phi) is 6.30. The molecule has 0 spiro atoms. The molecule has 7 nitrogen and oxygen atoms in total. The minimum absolute atomic E-state index is 0.0238. The first-order chi connectivity index (χ1) is 11.9. The summed E-state index contributed by atoms with van der Waals surface area (Å²) in [5, 5.41) is 19.9. The molecule has 25 heavy (non-hydrogen) atoms. The van der Waals surface area contributed by atoms with Crippen molar-refractivity contribution < 1.29 is 24.2 Å². The maximum Gasteiger partial charge on any atom is 0.328 e. The summed E-state index contributed by atoms with van der Waals surface area (Å²) in [5.41, 5.74) is 2.14. The number of aromatic nitrogens is 1. The molecule has 1 atom stereocenters. The molecule has 7 heteroatoms. The van der Waals surface area contributed by atoms with Crippen LogP contribution in [0.1, 0.15) is 37.6 Å². The van der Waals surface area contributed by atoms with Gasteiger partial charge in [-0.25, -0.2) is 9.78 Å². The number of amides is 1. The molecular weight excluding hydrogens is 324 g/mol. The van der Waals surface area contributed by atoms with E-state index in [4.69, 9.17) is 14.6 Å². The highest BCUT2D eigenvalue weighted by molar-refractivity contribution is 5.83. The van der Waals surface area contributed by atoms with Crippen molar-refractivity contribution in [3.05, 3.63) is 41.9 Å². The van der Waals surface area contributed by atoms with E-state index in [1.54, 1.807) is 6.20 Å². The second-order valence-corrected chi connectivity index (χ2v) is 6.04. The molecule has 0 aliphatic heterocycles. The fraction of sp³-hybridized carbons (Fsp3) is 0.389. The van der Waals surface area contributed by atoms with E-state index < -0.39 is 24.5 Å². The zero-order chi connectivity index (χ0) is 18.4. The summed E-state index contributed by atoms with van der Waals surface area (Å²) < 4.78 is 5.64. The summed E-state index contributed by atoms with van der Waals surface area (Å²) in [6, 6.07) is 6.70. The van der Waals surface area contributed by atoms with Crippen LogP contribution >= 0.6 is 0 Å². The molecule has 0 aliphatic carbocycles. The lowest BCUT2D eigenvalue weighted by Gasteiger charge is -2.10. The number of carboxylic acids is 1. The molecule has 1 heterocycles. The van der Waals surface area contributed by atoms with Crippen LogP contribution < -0.4 is 5.32 Å². The number of hydrogen-bond acceptors (Lipinski definition) is 5. The Balaban J connectivity index is 1.93. The summed E-state index contributed by atoms with van der Waals surface area (Å²) in [5.74, 6) is -0.300. The van der Waals surface area contributed by atoms with Crippen molar-refractivity contribution in [3.8, 4) is 11.3 Å². The van der Waals surface area contributed by atoms with Crippen molar-refractivity contribution in [3.63, 3.8) is 0 Å². The Morgan fingerprint density at radius 1 is 1.24 bits per heavy atom. The SMILES string of the molecule is CC(C)c1ccc(-c2cnc(CCC(=O)NC(CO)C(=O)O)o2)cc1. The van der Waals surface area contributed by atoms with Crippen molar-refractivity contribution in [2.75, 3.05) is 6.61 Å². The number of rotatable bonds is 8. The molecule has 1 aromatic carbocycles. The second kappa shape index (κ2) is 8.43. The van der Waals surface area contributed by atoms with Crippen LogP contribution in [-0.4, -0.2) is 39.7 Å². The zero-order valence-corrected chi connectivity index (χ0v) is 14.2. The molecule has 134 valence electrons. The summed E-state index contributed by atoms with van der Waals surface area (Å²) in [4.78, 5) is 26.6. The van der Waals surface area contributed by atoms with Gasteiger partial charge in [-0.05, 0) is 11.5 Å². The average molecular weight is 346 g/mol. The van der Waals surface area contributed by atoms with Crippen molar-refractivity contribution in [1.29, 1.82) is 0 Å². The smallest absolute Gasteiger partial charge is 0.328 e. The van der Waals surface area contributed by atoms with Gasteiger partial charge in [-0.1, -0.05) is 38.1 Å². The van der Waals surface area contributed by atoms with E-state index in [-0.39, 0.29) is 12.8 Å². The van der Waals surface area contributed by atoms with Gasteiger partial charge in [0, 0.05) is 18.4 Å². The van der Waals surface area contributed by atoms with Crippen molar-refractivity contribution >= 4 is 11.9 Å². The summed E-state index contributed by atoms with van der Waals surface area (Å²) in [7, 11) is 0. The van der Waals surface area contributed by atoms with Gasteiger partial charge in [0.25, 0.3) is 0 Å². The summed E-state index contributed by atoms with van der Waals surface area (Å²) in [6.07, 6.45) is 1.87. The minimum atomic E-state index is -1.30. The first-order valence-corrected chi connectivity index (χ1v) is 8.08. The second-order valence-electron chi connectivity index (χ2n) is 6.04. The van der Waals surface area contributed by atoms with E-state index >= 15 is 0 Å². The number of nitrogens with one attached hydrogen (secondary N) is 1. The maximum atomic E-state index is 11.7. The molecule has 0 radical (unpaired) electrons. The Labute approximate surface area is 145 Å². The predicted molar refractivity (Wildman–Crippen MR) is 91.0 cm³/mol. The number of nitrogens with zero attached hydrogens (tertiary/aromatic N) is 1. The largest absolute Gasteiger partial charge is 0.480 e. The van der Waals surface area contributed by atoms with Crippen LogP contribution in [0.3, 0.4) is 0 Å². The monoisotopic (exact) mass is 346 g/mol. The van der Waals surface area contributed by atoms with Crippen LogP contribution in [0.2, 0.25) is 0 Å². The molecule has 2 aromatic rings. The van der Waals surface area contributed by atoms with E-state index in [1.807, 2.05) is 24.3 Å². The van der Waals surface area contributed by atoms with Crippen molar-refractivity contribution in [2.45, 2.75) is 38.6 Å². The number of carbonyl (C=O) groups is 2. The number of aliphatic hydroxyl groups excluding tert-OH is 1. The molecule has 2 rings (SSSR count). The lowest BCUT2D eigenvalue weighted by Crippen LogP contribution is -2.43. The Bertz CT molecular complexity index is 721. The molecule has 0 saturated heterocycles. The molecule has 0 fully saturated rings. The van der Waals surface area contributed by atoms with Gasteiger partial charge in [0.1, 0.15) is 6.04 Å². The predicted octanol–water partition coefficient (Wildman–Crippen LogP) is 1.96. The number of benzene rings is 1. The minimum Gasteiger partial charge on any atom is -0.480 e. The van der Waals surface area contributed by atoms with Crippen LogP contribution in [0.4, 0.5) is 0 Å². The number of aryl methyl sites for hydroxylation is 1. The van der Waals surface area contributed by atoms with Crippen molar-refractivity contribution in [2.24, 2.45) is 0 Å². The van der Waals surface area contributed by atoms with E-state index in [1.165, 1.54) is 5.56 Å². The van der Waals surface area contributed by atoms with E-state index in [9.17, 15) is 9.59 Å². The van der Waals surface area contributed by atoms with Gasteiger partial charge in [-0.2, -0.15) is 0 Å². The Morgan fingerprint density at radius 2 is 1.92 bits per heavy atom. The van der Waals surface area contributed by atoms with Gasteiger partial charge in [-0.15, -0.1) is 0 Å². The molecular formula is C18H22N2O5. The normalized spacial score (nSPS) is 12.2. The first-order valence-electron chi connectivity index (χ1n) is 8.08. The molecule has 1 amide bonds. The number of carboxylic acid groups (broad SMARTS) is 1. The highest BCUT2D eigenvalue weighted by Crippen LogP contribution is 2.23. The van der Waals surface area contributed by atoms with Crippen LogP contribution in [0.5, 0.6) is 0 Å². The standard InChI is InChI=1S/C18H22N2O5/c1-11(2)12-3-5-13(6-4-12)15-9-19-17(25-15)8-7-16(22)20-14(10-21)18(23)24/h3-6,9,11,14,21H,7-8,10H2,1-2H3,(H,20,22)(H,23,24). The molecule has 0 saturated carbocycles. The van der Waals surface area contributed by atoms with Gasteiger partial charge >= 0.3 is 5.97 Å². The number of aliphatic hydroxyl groups is 1. The number of hydrogen-bond donors (Lipinski definition) is 3. The third-order valence-corrected chi connectivity index (χ3v) is 3.80.